The number of aromatic nitrogens is 2. The van der Waals surface area contributed by atoms with Gasteiger partial charge < -0.3 is 5.11 Å². The average Bonchev–Trinajstić information content (AvgIpc) is 2.32. The lowest BCUT2D eigenvalue weighted by Crippen LogP contribution is -2.36. The third-order valence-electron chi connectivity index (χ3n) is 1.78. The first-order valence-corrected chi connectivity index (χ1v) is 4.19. The molecule has 0 aromatic carbocycles. The summed E-state index contributed by atoms with van der Waals surface area (Å²) in [5.41, 5.74) is 0.00372. The molecule has 0 aliphatic heterocycles. The normalized spacial score (nSPS) is 11.6. The first-order chi connectivity index (χ1) is 5.89. The maximum atomic E-state index is 10.4. The average molecular weight is 183 g/mol. The van der Waals surface area contributed by atoms with Crippen molar-refractivity contribution in [2.75, 3.05) is 0 Å². The lowest BCUT2D eigenvalue weighted by molar-refractivity contribution is -0.685. The van der Waals surface area contributed by atoms with Gasteiger partial charge in [0.15, 0.2) is 6.54 Å². The van der Waals surface area contributed by atoms with Gasteiger partial charge in [-0.1, -0.05) is 0 Å². The molecule has 0 spiro atoms. The molecule has 0 aliphatic carbocycles. The molecule has 0 saturated heterocycles. The van der Waals surface area contributed by atoms with Crippen molar-refractivity contribution in [2.45, 2.75) is 32.9 Å². The molecule has 0 saturated carbocycles. The summed E-state index contributed by atoms with van der Waals surface area (Å²) in [6.07, 6.45) is 5.44. The predicted molar refractivity (Wildman–Crippen MR) is 47.3 cm³/mol. The molecule has 0 amide bonds. The van der Waals surface area contributed by atoms with Gasteiger partial charge in [-0.25, -0.2) is 13.9 Å². The minimum absolute atomic E-state index is 0.00372. The molecule has 0 bridgehead atoms. The van der Waals surface area contributed by atoms with Gasteiger partial charge in [0.2, 0.25) is 6.33 Å². The van der Waals surface area contributed by atoms with Gasteiger partial charge in [0, 0.05) is 0 Å². The van der Waals surface area contributed by atoms with Crippen LogP contribution in [0.25, 0.3) is 0 Å². The summed E-state index contributed by atoms with van der Waals surface area (Å²) >= 11 is 0. The van der Waals surface area contributed by atoms with Gasteiger partial charge in [-0.2, -0.15) is 0 Å². The van der Waals surface area contributed by atoms with E-state index in [4.69, 9.17) is 5.11 Å². The molecule has 1 aromatic rings. The molecule has 1 aromatic heterocycles. The van der Waals surface area contributed by atoms with E-state index in [1.54, 1.807) is 17.1 Å². The van der Waals surface area contributed by atoms with Crippen molar-refractivity contribution in [2.24, 2.45) is 0 Å². The van der Waals surface area contributed by atoms with Crippen molar-refractivity contribution in [3.8, 4) is 0 Å². The summed E-state index contributed by atoms with van der Waals surface area (Å²) < 4.78 is 3.63. The summed E-state index contributed by atoms with van der Waals surface area (Å²) in [5.74, 6) is -0.823. The van der Waals surface area contributed by atoms with Crippen LogP contribution in [0.15, 0.2) is 18.7 Å². The van der Waals surface area contributed by atoms with Crippen molar-refractivity contribution in [1.82, 2.24) is 4.57 Å². The summed E-state index contributed by atoms with van der Waals surface area (Å²) in [6, 6.07) is 0. The van der Waals surface area contributed by atoms with Crippen LogP contribution in [0.5, 0.6) is 0 Å². The number of carboxylic acid groups (broad SMARTS) is 1. The number of carboxylic acids is 1. The van der Waals surface area contributed by atoms with Crippen LogP contribution in [0.2, 0.25) is 0 Å². The highest BCUT2D eigenvalue weighted by Crippen LogP contribution is 2.10. The summed E-state index contributed by atoms with van der Waals surface area (Å²) in [6.45, 7) is 6.22. The lowest BCUT2D eigenvalue weighted by Gasteiger charge is -2.13. The topological polar surface area (TPSA) is 46.1 Å². The fourth-order valence-electron chi connectivity index (χ4n) is 1.04. The van der Waals surface area contributed by atoms with Gasteiger partial charge in [-0.15, -0.1) is 0 Å². The molecule has 1 N–H and O–H groups in total. The Kier molecular flexibility index (Phi) is 2.40. The first-order valence-electron chi connectivity index (χ1n) is 4.19. The Bertz CT molecular complexity index is 310. The van der Waals surface area contributed by atoms with E-state index in [1.807, 2.05) is 10.8 Å². The van der Waals surface area contributed by atoms with Crippen LogP contribution < -0.4 is 4.57 Å². The van der Waals surface area contributed by atoms with Gasteiger partial charge in [-0.3, -0.25) is 0 Å². The number of rotatable bonds is 2. The second kappa shape index (κ2) is 3.20. The maximum Gasteiger partial charge on any atom is 0.346 e. The molecule has 0 atom stereocenters. The Labute approximate surface area is 77.4 Å². The number of nitrogens with zero attached hydrogens (tertiary/aromatic N) is 2. The molecule has 0 radical (unpaired) electrons. The molecule has 0 unspecified atom stereocenters. The summed E-state index contributed by atoms with van der Waals surface area (Å²) in [5, 5.41) is 8.55. The molecule has 0 fully saturated rings. The molecular weight excluding hydrogens is 168 g/mol. The van der Waals surface area contributed by atoms with E-state index in [2.05, 4.69) is 20.8 Å². The van der Waals surface area contributed by atoms with Gasteiger partial charge in [0.1, 0.15) is 17.9 Å². The van der Waals surface area contributed by atoms with Gasteiger partial charge in [-0.05, 0) is 20.8 Å². The monoisotopic (exact) mass is 183 g/mol. The van der Waals surface area contributed by atoms with Crippen LogP contribution in [0.3, 0.4) is 0 Å². The molecule has 13 heavy (non-hydrogen) atoms. The van der Waals surface area contributed by atoms with Gasteiger partial charge in [0.05, 0.1) is 0 Å². The quantitative estimate of drug-likeness (QED) is 0.683. The van der Waals surface area contributed by atoms with E-state index in [9.17, 15) is 4.79 Å². The zero-order chi connectivity index (χ0) is 10.1. The van der Waals surface area contributed by atoms with Crippen molar-refractivity contribution < 1.29 is 14.5 Å². The van der Waals surface area contributed by atoms with Crippen molar-refractivity contribution >= 4 is 5.97 Å². The maximum absolute atomic E-state index is 10.4. The Balaban J connectivity index is 2.81. The Morgan fingerprint density at radius 2 is 2.15 bits per heavy atom. The number of hydrogen-bond acceptors (Lipinski definition) is 1. The van der Waals surface area contributed by atoms with Crippen LogP contribution in [0.1, 0.15) is 20.8 Å². The first kappa shape index (κ1) is 9.77. The molecular formula is C9H15N2O2+. The molecule has 1 rings (SSSR count). The van der Waals surface area contributed by atoms with E-state index in [-0.39, 0.29) is 12.1 Å². The SMILES string of the molecule is CC(C)(C)n1cc[n+](CC(=O)O)c1. The number of aliphatic carboxylic acids is 1. The fraction of sp³-hybridized carbons (Fsp3) is 0.556. The van der Waals surface area contributed by atoms with Crippen LogP contribution in [0, 0.1) is 0 Å². The van der Waals surface area contributed by atoms with Crippen molar-refractivity contribution in [3.05, 3.63) is 18.7 Å². The summed E-state index contributed by atoms with van der Waals surface area (Å²) in [4.78, 5) is 10.4. The highest BCUT2D eigenvalue weighted by Gasteiger charge is 2.19. The van der Waals surface area contributed by atoms with Crippen LogP contribution in [-0.4, -0.2) is 15.6 Å². The smallest absolute Gasteiger partial charge is 0.346 e. The standard InChI is InChI=1S/C9H14N2O2/c1-9(2,3)11-5-4-10(7-11)6-8(12)13/h4-5,7H,6H2,1-3H3/p+1. The van der Waals surface area contributed by atoms with E-state index < -0.39 is 5.97 Å². The lowest BCUT2D eigenvalue weighted by atomic mass is 10.1. The predicted octanol–water partition coefficient (Wildman–Crippen LogP) is 0.615. The highest BCUT2D eigenvalue weighted by atomic mass is 16.4. The second-order valence-corrected chi connectivity index (χ2v) is 4.06. The minimum atomic E-state index is -0.823. The van der Waals surface area contributed by atoms with E-state index in [1.165, 1.54) is 0 Å². The van der Waals surface area contributed by atoms with Gasteiger partial charge >= 0.3 is 5.97 Å². The zero-order valence-electron chi connectivity index (χ0n) is 8.19. The second-order valence-electron chi connectivity index (χ2n) is 4.06. The molecule has 4 nitrogen and oxygen atoms in total. The van der Waals surface area contributed by atoms with E-state index in [0.29, 0.717) is 0 Å². The minimum Gasteiger partial charge on any atom is -0.478 e. The largest absolute Gasteiger partial charge is 0.478 e. The Morgan fingerprint density at radius 3 is 2.54 bits per heavy atom. The van der Waals surface area contributed by atoms with Gasteiger partial charge in [0.25, 0.3) is 0 Å². The number of carbonyl (C=O) groups is 1. The van der Waals surface area contributed by atoms with Crippen LogP contribution >= 0.6 is 0 Å². The van der Waals surface area contributed by atoms with Crippen molar-refractivity contribution in [1.29, 1.82) is 0 Å². The third-order valence-corrected chi connectivity index (χ3v) is 1.78. The third kappa shape index (κ3) is 2.57. The molecule has 0 aliphatic rings. The van der Waals surface area contributed by atoms with Crippen LogP contribution in [-0.2, 0) is 16.9 Å². The van der Waals surface area contributed by atoms with Crippen LogP contribution in [0.4, 0.5) is 0 Å². The Morgan fingerprint density at radius 1 is 1.54 bits per heavy atom. The molecule has 72 valence electrons. The zero-order valence-corrected chi connectivity index (χ0v) is 8.19. The molecule has 1 heterocycles. The molecule has 4 heteroatoms. The highest BCUT2D eigenvalue weighted by molar-refractivity contribution is 5.64. The Hall–Kier alpha value is -1.32. The fourth-order valence-corrected chi connectivity index (χ4v) is 1.04. The van der Waals surface area contributed by atoms with Crippen molar-refractivity contribution in [3.63, 3.8) is 0 Å². The summed E-state index contributed by atoms with van der Waals surface area (Å²) in [7, 11) is 0. The van der Waals surface area contributed by atoms with E-state index >= 15 is 0 Å². The van der Waals surface area contributed by atoms with E-state index in [0.717, 1.165) is 0 Å². The number of hydrogen-bond donors (Lipinski definition) is 1. The number of imidazole rings is 1.